The summed E-state index contributed by atoms with van der Waals surface area (Å²) in [5, 5.41) is 0. The summed E-state index contributed by atoms with van der Waals surface area (Å²) in [6, 6.07) is 4.61. The molecule has 0 aliphatic rings. The van der Waals surface area contributed by atoms with Gasteiger partial charge in [0.15, 0.2) is 0 Å². The highest BCUT2D eigenvalue weighted by Gasteiger charge is 2.20. The van der Waals surface area contributed by atoms with Gasteiger partial charge in [0.05, 0.1) is 21.6 Å². The van der Waals surface area contributed by atoms with Gasteiger partial charge in [-0.2, -0.15) is 0 Å². The maximum absolute atomic E-state index is 13.8. The SMILES string of the molecule is CCCN(CC(N)=S)C(=O)c1cccc(Br)c1F. The van der Waals surface area contributed by atoms with Crippen molar-refractivity contribution in [3.8, 4) is 0 Å². The van der Waals surface area contributed by atoms with Crippen molar-refractivity contribution < 1.29 is 9.18 Å². The molecule has 1 rings (SSSR count). The molecule has 0 atom stereocenters. The molecule has 0 spiro atoms. The first-order valence-electron chi connectivity index (χ1n) is 5.49. The van der Waals surface area contributed by atoms with Gasteiger partial charge in [0.25, 0.3) is 5.91 Å². The molecule has 1 aromatic rings. The number of amides is 1. The number of nitrogens with two attached hydrogens (primary N) is 1. The van der Waals surface area contributed by atoms with E-state index in [9.17, 15) is 9.18 Å². The fraction of sp³-hybridized carbons (Fsp3) is 0.333. The fourth-order valence-corrected chi connectivity index (χ4v) is 2.07. The highest BCUT2D eigenvalue weighted by molar-refractivity contribution is 9.10. The highest BCUT2D eigenvalue weighted by Crippen LogP contribution is 2.20. The van der Waals surface area contributed by atoms with Crippen molar-refractivity contribution >= 4 is 39.0 Å². The summed E-state index contributed by atoms with van der Waals surface area (Å²) in [7, 11) is 0. The van der Waals surface area contributed by atoms with E-state index in [4.69, 9.17) is 18.0 Å². The molecular formula is C12H14BrFN2OS. The van der Waals surface area contributed by atoms with E-state index in [1.165, 1.54) is 11.0 Å². The summed E-state index contributed by atoms with van der Waals surface area (Å²) in [6.45, 7) is 2.58. The van der Waals surface area contributed by atoms with Crippen molar-refractivity contribution in [3.05, 3.63) is 34.1 Å². The van der Waals surface area contributed by atoms with Gasteiger partial charge in [-0.15, -0.1) is 0 Å². The molecule has 0 saturated carbocycles. The van der Waals surface area contributed by atoms with E-state index in [0.717, 1.165) is 6.42 Å². The smallest absolute Gasteiger partial charge is 0.257 e. The zero-order valence-electron chi connectivity index (χ0n) is 9.95. The number of hydrogen-bond acceptors (Lipinski definition) is 2. The van der Waals surface area contributed by atoms with Crippen molar-refractivity contribution in [2.45, 2.75) is 13.3 Å². The molecule has 0 heterocycles. The standard InChI is InChI=1S/C12H14BrFN2OS/c1-2-6-16(7-10(15)18)12(17)8-4-3-5-9(13)11(8)14/h3-5H,2,6-7H2,1H3,(H2,15,18). The van der Waals surface area contributed by atoms with Crippen molar-refractivity contribution in [1.82, 2.24) is 4.90 Å². The van der Waals surface area contributed by atoms with Gasteiger partial charge in [0, 0.05) is 6.54 Å². The van der Waals surface area contributed by atoms with Crippen LogP contribution in [0.25, 0.3) is 0 Å². The van der Waals surface area contributed by atoms with Gasteiger partial charge >= 0.3 is 0 Å². The Bertz CT molecular complexity index is 467. The van der Waals surface area contributed by atoms with Crippen LogP contribution < -0.4 is 5.73 Å². The Morgan fingerprint density at radius 3 is 2.78 bits per heavy atom. The minimum absolute atomic E-state index is 0.0223. The molecular weight excluding hydrogens is 319 g/mol. The summed E-state index contributed by atoms with van der Waals surface area (Å²) in [5.41, 5.74) is 5.46. The van der Waals surface area contributed by atoms with Crippen LogP contribution in [0.1, 0.15) is 23.7 Å². The minimum Gasteiger partial charge on any atom is -0.392 e. The number of benzene rings is 1. The maximum Gasteiger partial charge on any atom is 0.257 e. The van der Waals surface area contributed by atoms with Crippen LogP contribution in [0.4, 0.5) is 4.39 Å². The summed E-state index contributed by atoms with van der Waals surface area (Å²) in [6.07, 6.45) is 0.754. The molecule has 18 heavy (non-hydrogen) atoms. The lowest BCUT2D eigenvalue weighted by Crippen LogP contribution is -2.38. The molecule has 0 aliphatic heterocycles. The lowest BCUT2D eigenvalue weighted by atomic mass is 10.2. The fourth-order valence-electron chi connectivity index (χ4n) is 1.55. The van der Waals surface area contributed by atoms with Crippen molar-refractivity contribution in [1.29, 1.82) is 0 Å². The van der Waals surface area contributed by atoms with E-state index >= 15 is 0 Å². The summed E-state index contributed by atoms with van der Waals surface area (Å²) < 4.78 is 14.1. The zero-order chi connectivity index (χ0) is 13.7. The van der Waals surface area contributed by atoms with E-state index in [2.05, 4.69) is 15.9 Å². The zero-order valence-corrected chi connectivity index (χ0v) is 12.4. The van der Waals surface area contributed by atoms with Crippen LogP contribution in [0.5, 0.6) is 0 Å². The topological polar surface area (TPSA) is 46.3 Å². The van der Waals surface area contributed by atoms with Crippen molar-refractivity contribution in [2.24, 2.45) is 5.73 Å². The number of carbonyl (C=O) groups excluding carboxylic acids is 1. The van der Waals surface area contributed by atoms with Crippen molar-refractivity contribution in [3.63, 3.8) is 0 Å². The Balaban J connectivity index is 3.01. The third-order valence-electron chi connectivity index (χ3n) is 2.31. The molecule has 0 aliphatic carbocycles. The molecule has 1 aromatic carbocycles. The third-order valence-corrected chi connectivity index (χ3v) is 3.05. The van der Waals surface area contributed by atoms with E-state index in [1.807, 2.05) is 6.92 Å². The summed E-state index contributed by atoms with van der Waals surface area (Å²) in [5.74, 6) is -0.963. The average Bonchev–Trinajstić information content (AvgIpc) is 2.31. The normalized spacial score (nSPS) is 10.2. The molecule has 1 amide bonds. The predicted molar refractivity (Wildman–Crippen MR) is 77.1 cm³/mol. The Morgan fingerprint density at radius 1 is 1.56 bits per heavy atom. The number of carbonyl (C=O) groups is 1. The van der Waals surface area contributed by atoms with Crippen LogP contribution >= 0.6 is 28.1 Å². The van der Waals surface area contributed by atoms with E-state index in [1.54, 1.807) is 12.1 Å². The first kappa shape index (κ1) is 15.0. The first-order valence-corrected chi connectivity index (χ1v) is 6.69. The second-order valence-electron chi connectivity index (χ2n) is 3.79. The molecule has 3 nitrogen and oxygen atoms in total. The molecule has 98 valence electrons. The molecule has 0 saturated heterocycles. The number of thiocarbonyl (C=S) groups is 1. The highest BCUT2D eigenvalue weighted by atomic mass is 79.9. The Kier molecular flexibility index (Phi) is 5.68. The molecule has 0 radical (unpaired) electrons. The van der Waals surface area contributed by atoms with Gasteiger partial charge in [-0.3, -0.25) is 4.79 Å². The van der Waals surface area contributed by atoms with E-state index in [-0.39, 0.29) is 21.6 Å². The Labute approximate surface area is 119 Å². The predicted octanol–water partition coefficient (Wildman–Crippen LogP) is 2.73. The monoisotopic (exact) mass is 332 g/mol. The largest absolute Gasteiger partial charge is 0.392 e. The van der Waals surface area contributed by atoms with E-state index < -0.39 is 11.7 Å². The lowest BCUT2D eigenvalue weighted by Gasteiger charge is -2.21. The van der Waals surface area contributed by atoms with Gasteiger partial charge in [-0.25, -0.2) is 4.39 Å². The second-order valence-corrected chi connectivity index (χ2v) is 5.17. The Morgan fingerprint density at radius 2 is 2.22 bits per heavy atom. The van der Waals surface area contributed by atoms with Gasteiger partial charge in [0.2, 0.25) is 0 Å². The first-order chi connectivity index (χ1) is 8.47. The van der Waals surface area contributed by atoms with Crippen LogP contribution in [-0.4, -0.2) is 28.9 Å². The van der Waals surface area contributed by atoms with Gasteiger partial charge < -0.3 is 10.6 Å². The molecule has 2 N–H and O–H groups in total. The second kappa shape index (κ2) is 6.80. The number of nitrogens with zero attached hydrogens (tertiary/aromatic N) is 1. The van der Waals surface area contributed by atoms with Gasteiger partial charge in [-0.1, -0.05) is 25.2 Å². The third kappa shape index (κ3) is 3.74. The number of hydrogen-bond donors (Lipinski definition) is 1. The summed E-state index contributed by atoms with van der Waals surface area (Å²) >= 11 is 7.85. The molecule has 0 unspecified atom stereocenters. The van der Waals surface area contributed by atoms with Crippen LogP contribution in [0.2, 0.25) is 0 Å². The van der Waals surface area contributed by atoms with Gasteiger partial charge in [-0.05, 0) is 34.5 Å². The van der Waals surface area contributed by atoms with E-state index in [0.29, 0.717) is 6.54 Å². The number of rotatable bonds is 5. The molecule has 0 fully saturated rings. The number of halogens is 2. The van der Waals surface area contributed by atoms with Crippen LogP contribution in [0.15, 0.2) is 22.7 Å². The van der Waals surface area contributed by atoms with Crippen LogP contribution in [-0.2, 0) is 0 Å². The maximum atomic E-state index is 13.8. The van der Waals surface area contributed by atoms with Crippen molar-refractivity contribution in [2.75, 3.05) is 13.1 Å². The average molecular weight is 333 g/mol. The van der Waals surface area contributed by atoms with Crippen LogP contribution in [0.3, 0.4) is 0 Å². The minimum atomic E-state index is -0.563. The Hall–Kier alpha value is -1.01. The molecule has 0 aromatic heterocycles. The quantitative estimate of drug-likeness (QED) is 0.843. The van der Waals surface area contributed by atoms with Crippen LogP contribution in [0, 0.1) is 5.82 Å². The summed E-state index contributed by atoms with van der Waals surface area (Å²) in [4.78, 5) is 13.9. The molecule has 6 heteroatoms. The van der Waals surface area contributed by atoms with Gasteiger partial charge in [0.1, 0.15) is 5.82 Å². The molecule has 0 bridgehead atoms. The lowest BCUT2D eigenvalue weighted by molar-refractivity contribution is 0.0775.